The molecule has 0 bridgehead atoms. The first kappa shape index (κ1) is 12.3. The number of hydrogen-bond acceptors (Lipinski definition) is 2. The first-order valence-electron chi connectivity index (χ1n) is 6.74. The summed E-state index contributed by atoms with van der Waals surface area (Å²) in [6.45, 7) is 2.87. The van der Waals surface area contributed by atoms with Crippen molar-refractivity contribution in [1.29, 1.82) is 0 Å². The third-order valence-electron chi connectivity index (χ3n) is 3.61. The maximum atomic E-state index is 5.94. The number of nitrogen functional groups attached to an aromatic ring is 1. The highest BCUT2D eigenvalue weighted by Gasteiger charge is 2.13. The number of aryl methyl sites for hydroxylation is 1. The Morgan fingerprint density at radius 1 is 1.18 bits per heavy atom. The van der Waals surface area contributed by atoms with E-state index in [2.05, 4.69) is 6.07 Å². The highest BCUT2D eigenvalue weighted by molar-refractivity contribution is 5.53. The van der Waals surface area contributed by atoms with Gasteiger partial charge in [0.25, 0.3) is 0 Å². The smallest absolute Gasteiger partial charge is 0.142 e. The summed E-state index contributed by atoms with van der Waals surface area (Å²) in [7, 11) is 0. The van der Waals surface area contributed by atoms with Gasteiger partial charge in [-0.15, -0.1) is 0 Å². The molecule has 1 aromatic carbocycles. The van der Waals surface area contributed by atoms with Gasteiger partial charge < -0.3 is 10.5 Å². The van der Waals surface area contributed by atoms with Crippen LogP contribution in [0.2, 0.25) is 0 Å². The van der Waals surface area contributed by atoms with Crippen molar-refractivity contribution in [2.75, 3.05) is 12.3 Å². The molecule has 0 amide bonds. The molecule has 1 aliphatic carbocycles. The fraction of sp³-hybridized carbons (Fsp3) is 0.600. The zero-order valence-corrected chi connectivity index (χ0v) is 10.7. The Labute approximate surface area is 104 Å². The Hall–Kier alpha value is -1.18. The summed E-state index contributed by atoms with van der Waals surface area (Å²) < 4.78 is 5.86. The van der Waals surface area contributed by atoms with E-state index >= 15 is 0 Å². The van der Waals surface area contributed by atoms with Crippen LogP contribution in [-0.4, -0.2) is 6.61 Å². The lowest BCUT2D eigenvalue weighted by Crippen LogP contribution is -2.12. The van der Waals surface area contributed by atoms with Gasteiger partial charge in [-0.1, -0.05) is 31.7 Å². The Bertz CT molecular complexity index is 354. The highest BCUT2D eigenvalue weighted by atomic mass is 16.5. The van der Waals surface area contributed by atoms with E-state index < -0.39 is 0 Å². The molecule has 2 heteroatoms. The van der Waals surface area contributed by atoms with E-state index in [1.807, 2.05) is 19.1 Å². The van der Waals surface area contributed by atoms with Crippen LogP contribution in [0.1, 0.15) is 44.1 Å². The summed E-state index contributed by atoms with van der Waals surface area (Å²) in [6, 6.07) is 6.02. The third kappa shape index (κ3) is 3.65. The molecule has 0 aromatic heterocycles. The van der Waals surface area contributed by atoms with Crippen molar-refractivity contribution in [3.63, 3.8) is 0 Å². The molecule has 0 spiro atoms. The van der Waals surface area contributed by atoms with Crippen LogP contribution < -0.4 is 10.5 Å². The first-order chi connectivity index (χ1) is 8.25. The fourth-order valence-corrected chi connectivity index (χ4v) is 2.54. The van der Waals surface area contributed by atoms with Crippen LogP contribution in [0.4, 0.5) is 5.69 Å². The van der Waals surface area contributed by atoms with Crippen LogP contribution in [0.5, 0.6) is 5.75 Å². The van der Waals surface area contributed by atoms with Gasteiger partial charge in [0.05, 0.1) is 12.3 Å². The monoisotopic (exact) mass is 233 g/mol. The SMILES string of the molecule is Cc1ccc(OCC2CCCCCC2)c(N)c1. The molecule has 0 unspecified atom stereocenters. The molecule has 1 aliphatic rings. The lowest BCUT2D eigenvalue weighted by Gasteiger charge is -2.16. The number of hydrogen-bond donors (Lipinski definition) is 1. The van der Waals surface area contributed by atoms with E-state index in [4.69, 9.17) is 10.5 Å². The van der Waals surface area contributed by atoms with E-state index in [1.165, 1.54) is 44.1 Å². The summed E-state index contributed by atoms with van der Waals surface area (Å²) in [5.41, 5.74) is 7.89. The Kier molecular flexibility index (Phi) is 4.29. The summed E-state index contributed by atoms with van der Waals surface area (Å²) in [5, 5.41) is 0. The molecule has 0 atom stereocenters. The van der Waals surface area contributed by atoms with Gasteiger partial charge in [-0.25, -0.2) is 0 Å². The Balaban J connectivity index is 1.88. The van der Waals surface area contributed by atoms with E-state index in [-0.39, 0.29) is 0 Å². The topological polar surface area (TPSA) is 35.2 Å². The van der Waals surface area contributed by atoms with Crippen LogP contribution in [-0.2, 0) is 0 Å². The molecule has 0 heterocycles. The quantitative estimate of drug-likeness (QED) is 0.634. The van der Waals surface area contributed by atoms with Crippen molar-refractivity contribution in [3.8, 4) is 5.75 Å². The molecular weight excluding hydrogens is 210 g/mol. The Morgan fingerprint density at radius 3 is 2.53 bits per heavy atom. The largest absolute Gasteiger partial charge is 0.491 e. The van der Waals surface area contributed by atoms with E-state index in [9.17, 15) is 0 Å². The minimum absolute atomic E-state index is 0.721. The number of benzene rings is 1. The van der Waals surface area contributed by atoms with Crippen LogP contribution in [0.25, 0.3) is 0 Å². The van der Waals surface area contributed by atoms with Crippen LogP contribution in [0.15, 0.2) is 18.2 Å². The molecule has 0 saturated heterocycles. The van der Waals surface area contributed by atoms with E-state index in [0.29, 0.717) is 0 Å². The Morgan fingerprint density at radius 2 is 1.88 bits per heavy atom. The van der Waals surface area contributed by atoms with Gasteiger partial charge in [0.2, 0.25) is 0 Å². The zero-order chi connectivity index (χ0) is 12.1. The highest BCUT2D eigenvalue weighted by Crippen LogP contribution is 2.26. The zero-order valence-electron chi connectivity index (χ0n) is 10.7. The van der Waals surface area contributed by atoms with Crippen molar-refractivity contribution in [1.82, 2.24) is 0 Å². The number of rotatable bonds is 3. The molecule has 94 valence electrons. The molecule has 17 heavy (non-hydrogen) atoms. The average Bonchev–Trinajstić information content (AvgIpc) is 2.56. The van der Waals surface area contributed by atoms with Crippen molar-refractivity contribution in [2.24, 2.45) is 5.92 Å². The predicted octanol–water partition coefficient (Wildman–Crippen LogP) is 3.93. The second kappa shape index (κ2) is 5.95. The second-order valence-electron chi connectivity index (χ2n) is 5.21. The molecular formula is C15H23NO. The van der Waals surface area contributed by atoms with Gasteiger partial charge in [0.15, 0.2) is 0 Å². The number of anilines is 1. The summed E-state index contributed by atoms with van der Waals surface area (Å²) in [4.78, 5) is 0. The van der Waals surface area contributed by atoms with E-state index in [0.717, 1.165) is 24.0 Å². The summed E-state index contributed by atoms with van der Waals surface area (Å²) in [6.07, 6.45) is 8.12. The van der Waals surface area contributed by atoms with Crippen molar-refractivity contribution in [3.05, 3.63) is 23.8 Å². The summed E-state index contributed by atoms with van der Waals surface area (Å²) >= 11 is 0. The molecule has 0 aliphatic heterocycles. The second-order valence-corrected chi connectivity index (χ2v) is 5.21. The van der Waals surface area contributed by atoms with Gasteiger partial charge >= 0.3 is 0 Å². The molecule has 0 radical (unpaired) electrons. The van der Waals surface area contributed by atoms with Gasteiger partial charge in [0.1, 0.15) is 5.75 Å². The summed E-state index contributed by atoms with van der Waals surface area (Å²) in [5.74, 6) is 1.57. The number of ether oxygens (including phenoxy) is 1. The standard InChI is InChI=1S/C15H23NO/c1-12-8-9-15(14(16)10-12)17-11-13-6-4-2-3-5-7-13/h8-10,13H,2-7,11,16H2,1H3. The maximum absolute atomic E-state index is 5.94. The van der Waals surface area contributed by atoms with E-state index in [1.54, 1.807) is 0 Å². The minimum Gasteiger partial charge on any atom is -0.491 e. The lowest BCUT2D eigenvalue weighted by atomic mass is 10.0. The third-order valence-corrected chi connectivity index (χ3v) is 3.61. The molecule has 1 saturated carbocycles. The van der Waals surface area contributed by atoms with Crippen molar-refractivity contribution in [2.45, 2.75) is 45.4 Å². The first-order valence-corrected chi connectivity index (χ1v) is 6.74. The van der Waals surface area contributed by atoms with Gasteiger partial charge in [0, 0.05) is 0 Å². The minimum atomic E-state index is 0.721. The van der Waals surface area contributed by atoms with Gasteiger partial charge in [-0.2, -0.15) is 0 Å². The normalized spacial score (nSPS) is 17.7. The van der Waals surface area contributed by atoms with Crippen LogP contribution in [0, 0.1) is 12.8 Å². The molecule has 1 fully saturated rings. The lowest BCUT2D eigenvalue weighted by molar-refractivity contribution is 0.235. The van der Waals surface area contributed by atoms with Crippen LogP contribution >= 0.6 is 0 Å². The molecule has 2 N–H and O–H groups in total. The predicted molar refractivity (Wildman–Crippen MR) is 72.3 cm³/mol. The fourth-order valence-electron chi connectivity index (χ4n) is 2.54. The molecule has 2 nitrogen and oxygen atoms in total. The average molecular weight is 233 g/mol. The van der Waals surface area contributed by atoms with Gasteiger partial charge in [-0.05, 0) is 43.4 Å². The molecule has 1 aromatic rings. The number of nitrogens with two attached hydrogens (primary N) is 1. The van der Waals surface area contributed by atoms with Crippen molar-refractivity contribution < 1.29 is 4.74 Å². The van der Waals surface area contributed by atoms with Crippen molar-refractivity contribution >= 4 is 5.69 Å². The molecule has 2 rings (SSSR count). The van der Waals surface area contributed by atoms with Gasteiger partial charge in [-0.3, -0.25) is 0 Å². The maximum Gasteiger partial charge on any atom is 0.142 e. The van der Waals surface area contributed by atoms with Crippen LogP contribution in [0.3, 0.4) is 0 Å².